The lowest BCUT2D eigenvalue weighted by Gasteiger charge is -2.12. The van der Waals surface area contributed by atoms with Crippen molar-refractivity contribution in [3.63, 3.8) is 0 Å². The van der Waals surface area contributed by atoms with Gasteiger partial charge in [-0.25, -0.2) is 9.79 Å². The van der Waals surface area contributed by atoms with Gasteiger partial charge in [-0.2, -0.15) is 0 Å². The second kappa shape index (κ2) is 8.02. The molecule has 0 bridgehead atoms. The maximum atomic E-state index is 12.5. The third-order valence-corrected chi connectivity index (χ3v) is 4.73. The van der Waals surface area contributed by atoms with Crippen molar-refractivity contribution in [2.75, 3.05) is 5.75 Å². The monoisotopic (exact) mass is 359 g/mol. The lowest BCUT2D eigenvalue weighted by Crippen LogP contribution is -2.39. The maximum Gasteiger partial charge on any atom is 0.333 e. The molecule has 0 aliphatic heterocycles. The van der Waals surface area contributed by atoms with Gasteiger partial charge in [0.25, 0.3) is 5.56 Å². The molecule has 0 amide bonds. The number of hydrogen-bond donors (Lipinski definition) is 1. The minimum atomic E-state index is -0.591. The number of aromatic nitrogens is 2. The van der Waals surface area contributed by atoms with Crippen LogP contribution in [0.15, 0.2) is 51.5 Å². The van der Waals surface area contributed by atoms with E-state index < -0.39 is 17.1 Å². The second-order valence-electron chi connectivity index (χ2n) is 5.44. The number of hydrogen-bond acceptors (Lipinski definition) is 5. The molecular formula is C18H21N3O3S. The van der Waals surface area contributed by atoms with Crippen LogP contribution in [0.2, 0.25) is 0 Å². The fourth-order valence-corrected chi connectivity index (χ4v) is 3.01. The number of benzene rings is 1. The molecule has 0 spiro atoms. The van der Waals surface area contributed by atoms with Crippen molar-refractivity contribution in [3.05, 3.63) is 68.9 Å². The summed E-state index contributed by atoms with van der Waals surface area (Å²) in [4.78, 5) is 29.0. The predicted molar refractivity (Wildman–Crippen MR) is 103 cm³/mol. The SMILES string of the molecule is C=CCSC(=Nc1ccc(CC)cc1)c1c(O)n(C)c(=O)n(C)c1=O. The third-order valence-electron chi connectivity index (χ3n) is 3.76. The van der Waals surface area contributed by atoms with Crippen LogP contribution in [-0.4, -0.2) is 25.0 Å². The normalized spacial score (nSPS) is 11.6. The van der Waals surface area contributed by atoms with Gasteiger partial charge in [-0.3, -0.25) is 13.9 Å². The van der Waals surface area contributed by atoms with E-state index in [0.717, 1.165) is 15.6 Å². The molecule has 0 saturated heterocycles. The van der Waals surface area contributed by atoms with E-state index in [0.29, 0.717) is 16.5 Å². The van der Waals surface area contributed by atoms with E-state index in [4.69, 9.17) is 0 Å². The molecule has 1 N–H and O–H groups in total. The van der Waals surface area contributed by atoms with Crippen LogP contribution >= 0.6 is 11.8 Å². The number of rotatable bonds is 5. The molecule has 0 atom stereocenters. The summed E-state index contributed by atoms with van der Waals surface area (Å²) >= 11 is 1.27. The smallest absolute Gasteiger partial charge is 0.333 e. The quantitative estimate of drug-likeness (QED) is 0.505. The molecule has 1 aromatic heterocycles. The van der Waals surface area contributed by atoms with Crippen LogP contribution in [0.4, 0.5) is 5.69 Å². The number of aliphatic imine (C=N–C) groups is 1. The summed E-state index contributed by atoms with van der Waals surface area (Å²) in [5.41, 5.74) is 0.683. The highest BCUT2D eigenvalue weighted by Gasteiger charge is 2.20. The van der Waals surface area contributed by atoms with Gasteiger partial charge >= 0.3 is 5.69 Å². The molecule has 132 valence electrons. The Hall–Kier alpha value is -2.54. The van der Waals surface area contributed by atoms with E-state index in [9.17, 15) is 14.7 Å². The molecule has 1 aromatic carbocycles. The second-order valence-corrected chi connectivity index (χ2v) is 6.45. The van der Waals surface area contributed by atoms with Crippen LogP contribution in [0.25, 0.3) is 0 Å². The molecule has 0 unspecified atom stereocenters. The van der Waals surface area contributed by atoms with Gasteiger partial charge in [0.05, 0.1) is 5.69 Å². The molecule has 1 heterocycles. The molecule has 25 heavy (non-hydrogen) atoms. The Balaban J connectivity index is 2.66. The predicted octanol–water partition coefficient (Wildman–Crippen LogP) is 2.35. The summed E-state index contributed by atoms with van der Waals surface area (Å²) in [7, 11) is 2.78. The summed E-state index contributed by atoms with van der Waals surface area (Å²) in [6.07, 6.45) is 2.61. The van der Waals surface area contributed by atoms with Gasteiger partial charge in [-0.05, 0) is 24.1 Å². The molecule has 0 aliphatic carbocycles. The van der Waals surface area contributed by atoms with E-state index in [-0.39, 0.29) is 5.56 Å². The van der Waals surface area contributed by atoms with Crippen molar-refractivity contribution in [2.24, 2.45) is 19.1 Å². The Morgan fingerprint density at radius 2 is 1.88 bits per heavy atom. The zero-order valence-corrected chi connectivity index (χ0v) is 15.3. The van der Waals surface area contributed by atoms with Gasteiger partial charge in [0.15, 0.2) is 0 Å². The van der Waals surface area contributed by atoms with Gasteiger partial charge in [-0.1, -0.05) is 25.1 Å². The average molecular weight is 359 g/mol. The lowest BCUT2D eigenvalue weighted by atomic mass is 10.1. The summed E-state index contributed by atoms with van der Waals surface area (Å²) in [6, 6.07) is 7.65. The summed E-state index contributed by atoms with van der Waals surface area (Å²) in [5, 5.41) is 10.7. The molecular weight excluding hydrogens is 338 g/mol. The number of aromatic hydroxyl groups is 1. The third kappa shape index (κ3) is 3.93. The van der Waals surface area contributed by atoms with Crippen LogP contribution in [0.5, 0.6) is 5.88 Å². The molecule has 0 fully saturated rings. The fraction of sp³-hybridized carbons (Fsp3) is 0.278. The number of thioether (sulfide) groups is 1. The van der Waals surface area contributed by atoms with Gasteiger partial charge in [-0.15, -0.1) is 18.3 Å². The average Bonchev–Trinajstić information content (AvgIpc) is 2.63. The Labute approximate surface area is 150 Å². The summed E-state index contributed by atoms with van der Waals surface area (Å²) in [6.45, 7) is 5.74. The van der Waals surface area contributed by atoms with Gasteiger partial charge < -0.3 is 5.11 Å². The largest absolute Gasteiger partial charge is 0.494 e. The van der Waals surface area contributed by atoms with E-state index in [2.05, 4.69) is 18.5 Å². The molecule has 7 heteroatoms. The van der Waals surface area contributed by atoms with Gasteiger partial charge in [0.1, 0.15) is 10.6 Å². The van der Waals surface area contributed by atoms with Crippen molar-refractivity contribution >= 4 is 22.5 Å². The highest BCUT2D eigenvalue weighted by Crippen LogP contribution is 2.23. The molecule has 0 aliphatic rings. The zero-order chi connectivity index (χ0) is 18.6. The van der Waals surface area contributed by atoms with Crippen LogP contribution < -0.4 is 11.2 Å². The van der Waals surface area contributed by atoms with Crippen molar-refractivity contribution < 1.29 is 5.11 Å². The van der Waals surface area contributed by atoms with E-state index in [1.165, 1.54) is 31.4 Å². The topological polar surface area (TPSA) is 76.6 Å². The van der Waals surface area contributed by atoms with Crippen molar-refractivity contribution in [3.8, 4) is 5.88 Å². The minimum Gasteiger partial charge on any atom is -0.494 e. The van der Waals surface area contributed by atoms with Crippen LogP contribution in [0, 0.1) is 0 Å². The number of nitrogens with zero attached hydrogens (tertiary/aromatic N) is 3. The van der Waals surface area contributed by atoms with Crippen molar-refractivity contribution in [2.45, 2.75) is 13.3 Å². The Morgan fingerprint density at radius 1 is 1.24 bits per heavy atom. The van der Waals surface area contributed by atoms with Crippen molar-refractivity contribution in [1.29, 1.82) is 0 Å². The first-order valence-corrected chi connectivity index (χ1v) is 8.79. The van der Waals surface area contributed by atoms with E-state index >= 15 is 0 Å². The first kappa shape index (κ1) is 18.8. The minimum absolute atomic E-state index is 0.0102. The molecule has 0 radical (unpaired) electrons. The highest BCUT2D eigenvalue weighted by molar-refractivity contribution is 8.14. The van der Waals surface area contributed by atoms with Crippen molar-refractivity contribution in [1.82, 2.24) is 9.13 Å². The maximum absolute atomic E-state index is 12.5. The highest BCUT2D eigenvalue weighted by atomic mass is 32.2. The first-order valence-electron chi connectivity index (χ1n) is 7.81. The van der Waals surface area contributed by atoms with Crippen LogP contribution in [0.3, 0.4) is 0 Å². The van der Waals surface area contributed by atoms with E-state index in [1.54, 1.807) is 6.08 Å². The molecule has 6 nitrogen and oxygen atoms in total. The number of aryl methyl sites for hydroxylation is 1. The Kier molecular flexibility index (Phi) is 6.03. The molecule has 2 rings (SSSR count). The Bertz CT molecular complexity index is 924. The molecule has 0 saturated carbocycles. The van der Waals surface area contributed by atoms with Gasteiger partial charge in [0, 0.05) is 19.8 Å². The standard InChI is InChI=1S/C18H21N3O3S/c1-5-11-25-15(19-13-9-7-12(6-2)8-10-13)14-16(22)20(3)18(24)21(4)17(14)23/h5,7-10,22H,1,6,11H2,2-4H3. The van der Waals surface area contributed by atoms with Gasteiger partial charge in [0.2, 0.25) is 5.88 Å². The van der Waals surface area contributed by atoms with Crippen LogP contribution in [-0.2, 0) is 20.5 Å². The molecule has 2 aromatic rings. The summed E-state index contributed by atoms with van der Waals surface area (Å²) < 4.78 is 1.99. The summed E-state index contributed by atoms with van der Waals surface area (Å²) in [5.74, 6) is 0.116. The Morgan fingerprint density at radius 3 is 2.44 bits per heavy atom. The first-order chi connectivity index (χ1) is 11.9. The fourth-order valence-electron chi connectivity index (χ4n) is 2.24. The van der Waals surface area contributed by atoms with E-state index in [1.807, 2.05) is 24.3 Å². The lowest BCUT2D eigenvalue weighted by molar-refractivity contribution is 0.410. The van der Waals surface area contributed by atoms with Crippen LogP contribution in [0.1, 0.15) is 18.1 Å². The zero-order valence-electron chi connectivity index (χ0n) is 14.5.